The molecule has 2 atom stereocenters. The van der Waals surface area contributed by atoms with Crippen molar-refractivity contribution in [1.82, 2.24) is 9.78 Å². The molecule has 0 radical (unpaired) electrons. The lowest BCUT2D eigenvalue weighted by Gasteiger charge is -2.09. The van der Waals surface area contributed by atoms with E-state index in [0.717, 1.165) is 18.4 Å². The van der Waals surface area contributed by atoms with Crippen LogP contribution >= 0.6 is 0 Å². The molecule has 0 bridgehead atoms. The summed E-state index contributed by atoms with van der Waals surface area (Å²) < 4.78 is 7.38. The van der Waals surface area contributed by atoms with E-state index in [9.17, 15) is 0 Å². The van der Waals surface area contributed by atoms with E-state index >= 15 is 0 Å². The maximum atomic E-state index is 8.89. The van der Waals surface area contributed by atoms with Gasteiger partial charge in [-0.3, -0.25) is 4.68 Å². The quantitative estimate of drug-likeness (QED) is 0.729. The topological polar surface area (TPSA) is 47.3 Å². The number of ether oxygens (including phenoxy) is 1. The number of hydrogen-bond acceptors (Lipinski definition) is 3. The number of rotatable bonds is 2. The highest BCUT2D eigenvalue weighted by molar-refractivity contribution is 5.09. The van der Waals surface area contributed by atoms with Gasteiger partial charge in [0.15, 0.2) is 0 Å². The van der Waals surface area contributed by atoms with Crippen molar-refractivity contribution in [2.24, 2.45) is 7.05 Å². The predicted molar refractivity (Wildman–Crippen MR) is 47.1 cm³/mol. The van der Waals surface area contributed by atoms with E-state index in [-0.39, 0.29) is 18.8 Å². The molecule has 1 aliphatic heterocycles. The molecule has 0 aliphatic carbocycles. The van der Waals surface area contributed by atoms with Crippen molar-refractivity contribution >= 4 is 0 Å². The average Bonchev–Trinajstić information content (AvgIpc) is 2.71. The monoisotopic (exact) mass is 182 g/mol. The van der Waals surface area contributed by atoms with Crippen molar-refractivity contribution < 1.29 is 9.84 Å². The number of aliphatic hydroxyl groups is 1. The van der Waals surface area contributed by atoms with Gasteiger partial charge in [-0.1, -0.05) is 0 Å². The third kappa shape index (κ3) is 1.73. The van der Waals surface area contributed by atoms with Gasteiger partial charge >= 0.3 is 0 Å². The molecule has 1 aliphatic rings. The molecule has 0 spiro atoms. The minimum atomic E-state index is 0.0187. The Labute approximate surface area is 77.1 Å². The van der Waals surface area contributed by atoms with Crippen LogP contribution in [-0.2, 0) is 11.8 Å². The average molecular weight is 182 g/mol. The summed E-state index contributed by atoms with van der Waals surface area (Å²) in [6.07, 6.45) is 5.86. The maximum Gasteiger partial charge on any atom is 0.0861 e. The molecular formula is C9H14N2O2. The Morgan fingerprint density at radius 2 is 2.54 bits per heavy atom. The van der Waals surface area contributed by atoms with Crippen LogP contribution in [0.2, 0.25) is 0 Å². The van der Waals surface area contributed by atoms with Crippen LogP contribution in [0.5, 0.6) is 0 Å². The van der Waals surface area contributed by atoms with Crippen LogP contribution in [-0.4, -0.2) is 27.6 Å². The molecule has 0 amide bonds. The minimum Gasteiger partial charge on any atom is -0.394 e. The fourth-order valence-electron chi connectivity index (χ4n) is 1.69. The number of hydrogen-bond donors (Lipinski definition) is 1. The molecule has 0 saturated carbocycles. The number of nitrogens with zero attached hydrogens (tertiary/aromatic N) is 2. The zero-order valence-electron chi connectivity index (χ0n) is 7.68. The summed E-state index contributed by atoms with van der Waals surface area (Å²) in [5.74, 6) is 0. The van der Waals surface area contributed by atoms with Crippen LogP contribution < -0.4 is 0 Å². The second kappa shape index (κ2) is 3.47. The predicted octanol–water partition coefficient (Wildman–Crippen LogP) is 0.632. The molecule has 1 N–H and O–H groups in total. The molecule has 2 heterocycles. The minimum absolute atomic E-state index is 0.0187. The highest BCUT2D eigenvalue weighted by Gasteiger charge is 2.26. The van der Waals surface area contributed by atoms with E-state index in [4.69, 9.17) is 9.84 Å². The van der Waals surface area contributed by atoms with Crippen LogP contribution in [0.4, 0.5) is 0 Å². The normalized spacial score (nSPS) is 28.2. The van der Waals surface area contributed by atoms with Crippen molar-refractivity contribution in [3.8, 4) is 0 Å². The standard InChI is InChI=1S/C9H14N2O2/c1-11-5-7(4-10-11)9-3-2-8(6-12)13-9/h4-5,8-9,12H,2-3,6H2,1H3. The molecular weight excluding hydrogens is 168 g/mol. The number of aryl methyl sites for hydroxylation is 1. The summed E-state index contributed by atoms with van der Waals surface area (Å²) in [7, 11) is 1.89. The largest absolute Gasteiger partial charge is 0.394 e. The van der Waals surface area contributed by atoms with Crippen LogP contribution in [0.25, 0.3) is 0 Å². The molecule has 13 heavy (non-hydrogen) atoms. The SMILES string of the molecule is Cn1cc(C2CCC(CO)O2)cn1. The lowest BCUT2D eigenvalue weighted by atomic mass is 10.1. The Bertz CT molecular complexity index is 285. The maximum absolute atomic E-state index is 8.89. The third-order valence-corrected chi connectivity index (χ3v) is 2.41. The molecule has 1 fully saturated rings. The van der Waals surface area contributed by atoms with Gasteiger partial charge in [0.25, 0.3) is 0 Å². The third-order valence-electron chi connectivity index (χ3n) is 2.41. The van der Waals surface area contributed by atoms with Crippen LogP contribution in [0, 0.1) is 0 Å². The fourth-order valence-corrected chi connectivity index (χ4v) is 1.69. The molecule has 2 rings (SSSR count). The van der Waals surface area contributed by atoms with Gasteiger partial charge in [0.1, 0.15) is 0 Å². The van der Waals surface area contributed by atoms with Crippen molar-refractivity contribution in [2.75, 3.05) is 6.61 Å². The van der Waals surface area contributed by atoms with E-state index in [0.29, 0.717) is 0 Å². The van der Waals surface area contributed by atoms with Crippen molar-refractivity contribution in [3.63, 3.8) is 0 Å². The van der Waals surface area contributed by atoms with Crippen LogP contribution in [0.15, 0.2) is 12.4 Å². The summed E-state index contributed by atoms with van der Waals surface area (Å²) >= 11 is 0. The smallest absolute Gasteiger partial charge is 0.0861 e. The molecule has 1 aromatic heterocycles. The van der Waals surface area contributed by atoms with Gasteiger partial charge in [0.05, 0.1) is 25.0 Å². The Kier molecular flexibility index (Phi) is 2.33. The van der Waals surface area contributed by atoms with Crippen molar-refractivity contribution in [1.29, 1.82) is 0 Å². The van der Waals surface area contributed by atoms with Crippen molar-refractivity contribution in [3.05, 3.63) is 18.0 Å². The summed E-state index contributed by atoms with van der Waals surface area (Å²) in [4.78, 5) is 0. The fraction of sp³-hybridized carbons (Fsp3) is 0.667. The highest BCUT2D eigenvalue weighted by Crippen LogP contribution is 2.31. The summed E-state index contributed by atoms with van der Waals surface area (Å²) in [5.41, 5.74) is 1.11. The lowest BCUT2D eigenvalue weighted by Crippen LogP contribution is -2.10. The van der Waals surface area contributed by atoms with Crippen LogP contribution in [0.3, 0.4) is 0 Å². The molecule has 72 valence electrons. The Hall–Kier alpha value is -0.870. The van der Waals surface area contributed by atoms with E-state index in [1.807, 2.05) is 19.4 Å². The van der Waals surface area contributed by atoms with E-state index in [1.54, 1.807) is 4.68 Å². The van der Waals surface area contributed by atoms with E-state index in [2.05, 4.69) is 5.10 Å². The zero-order valence-corrected chi connectivity index (χ0v) is 7.68. The van der Waals surface area contributed by atoms with Gasteiger partial charge in [-0.25, -0.2) is 0 Å². The Balaban J connectivity index is 2.03. The lowest BCUT2D eigenvalue weighted by molar-refractivity contribution is 0.0110. The van der Waals surface area contributed by atoms with Gasteiger partial charge in [0.2, 0.25) is 0 Å². The Morgan fingerprint density at radius 1 is 1.69 bits per heavy atom. The first-order valence-electron chi connectivity index (χ1n) is 4.54. The molecule has 2 unspecified atom stereocenters. The van der Waals surface area contributed by atoms with Gasteiger partial charge in [-0.2, -0.15) is 5.10 Å². The van der Waals surface area contributed by atoms with Crippen LogP contribution in [0.1, 0.15) is 24.5 Å². The Morgan fingerprint density at radius 3 is 3.08 bits per heavy atom. The molecule has 4 nitrogen and oxygen atoms in total. The second-order valence-corrected chi connectivity index (χ2v) is 3.45. The molecule has 0 aromatic carbocycles. The molecule has 1 aromatic rings. The van der Waals surface area contributed by atoms with E-state index < -0.39 is 0 Å². The van der Waals surface area contributed by atoms with Gasteiger partial charge in [-0.15, -0.1) is 0 Å². The molecule has 1 saturated heterocycles. The van der Waals surface area contributed by atoms with E-state index in [1.165, 1.54) is 0 Å². The van der Waals surface area contributed by atoms with Gasteiger partial charge < -0.3 is 9.84 Å². The number of aliphatic hydroxyl groups excluding tert-OH is 1. The van der Waals surface area contributed by atoms with Gasteiger partial charge in [0, 0.05) is 18.8 Å². The summed E-state index contributed by atoms with van der Waals surface area (Å²) in [6, 6.07) is 0. The summed E-state index contributed by atoms with van der Waals surface area (Å²) in [6.45, 7) is 0.122. The zero-order chi connectivity index (χ0) is 9.26. The van der Waals surface area contributed by atoms with Gasteiger partial charge in [-0.05, 0) is 12.8 Å². The second-order valence-electron chi connectivity index (χ2n) is 3.45. The first kappa shape index (κ1) is 8.72. The summed E-state index contributed by atoms with van der Waals surface area (Å²) in [5, 5.41) is 13.0. The first-order valence-corrected chi connectivity index (χ1v) is 4.54. The van der Waals surface area contributed by atoms with Crippen molar-refractivity contribution in [2.45, 2.75) is 25.0 Å². The highest BCUT2D eigenvalue weighted by atomic mass is 16.5. The first-order chi connectivity index (χ1) is 6.29. The molecule has 4 heteroatoms. The number of aromatic nitrogens is 2.